The third-order valence-corrected chi connectivity index (χ3v) is 7.80. The van der Waals surface area contributed by atoms with Crippen molar-refractivity contribution in [2.75, 3.05) is 38.1 Å². The molecule has 1 amide bonds. The molecule has 11 heteroatoms. The summed E-state index contributed by atoms with van der Waals surface area (Å²) in [6.45, 7) is 4.80. The summed E-state index contributed by atoms with van der Waals surface area (Å²) in [4.78, 5) is 19.4. The summed E-state index contributed by atoms with van der Waals surface area (Å²) in [5.74, 6) is 0.732. The maximum absolute atomic E-state index is 13.5. The molecule has 0 radical (unpaired) electrons. The summed E-state index contributed by atoms with van der Waals surface area (Å²) < 4.78 is 46.9. The molecule has 4 rings (SSSR count). The molecule has 0 atom stereocenters. The van der Waals surface area contributed by atoms with Gasteiger partial charge in [0.15, 0.2) is 28.0 Å². The molecule has 40 heavy (non-hydrogen) atoms. The Morgan fingerprint density at radius 1 is 1.05 bits per heavy atom. The molecule has 1 aliphatic rings. The summed E-state index contributed by atoms with van der Waals surface area (Å²) in [5.41, 5.74) is 1.10. The van der Waals surface area contributed by atoms with Gasteiger partial charge in [-0.3, -0.25) is 9.52 Å². The van der Waals surface area contributed by atoms with Gasteiger partial charge in [0.05, 0.1) is 19.4 Å². The van der Waals surface area contributed by atoms with Gasteiger partial charge in [-0.05, 0) is 61.1 Å². The number of hydrogen-bond acceptors (Lipinski definition) is 8. The van der Waals surface area contributed by atoms with E-state index in [0.29, 0.717) is 24.6 Å². The number of para-hydroxylation sites is 2. The van der Waals surface area contributed by atoms with Crippen molar-refractivity contribution >= 4 is 21.6 Å². The summed E-state index contributed by atoms with van der Waals surface area (Å²) in [7, 11) is -2.71. The van der Waals surface area contributed by atoms with E-state index in [2.05, 4.69) is 9.71 Å². The molecule has 0 unspecified atom stereocenters. The van der Waals surface area contributed by atoms with Gasteiger partial charge in [0.1, 0.15) is 6.61 Å². The zero-order chi connectivity index (χ0) is 28.7. The lowest BCUT2D eigenvalue weighted by molar-refractivity contribution is 0.0723. The van der Waals surface area contributed by atoms with Gasteiger partial charge in [0.25, 0.3) is 15.9 Å². The van der Waals surface area contributed by atoms with Crippen LogP contribution < -0.4 is 18.9 Å². The van der Waals surface area contributed by atoms with E-state index >= 15 is 0 Å². The zero-order valence-corrected chi connectivity index (χ0v) is 23.7. The number of nitrogens with one attached hydrogen (secondary N) is 1. The number of hydrogen-bond donors (Lipinski definition) is 2. The van der Waals surface area contributed by atoms with Crippen LogP contribution in [0.4, 0.5) is 5.69 Å². The van der Waals surface area contributed by atoms with E-state index < -0.39 is 10.0 Å². The van der Waals surface area contributed by atoms with E-state index in [0.717, 1.165) is 24.8 Å². The third kappa shape index (κ3) is 6.83. The first kappa shape index (κ1) is 29.2. The third-order valence-electron chi connectivity index (χ3n) is 6.52. The Labute approximate surface area is 235 Å². The maximum atomic E-state index is 13.5. The van der Waals surface area contributed by atoms with Gasteiger partial charge < -0.3 is 24.2 Å². The number of piperidine rings is 1. The topological polar surface area (TPSA) is 127 Å². The number of amides is 1. The molecule has 0 saturated carbocycles. The Morgan fingerprint density at radius 3 is 2.40 bits per heavy atom. The van der Waals surface area contributed by atoms with Crippen molar-refractivity contribution in [3.05, 3.63) is 65.9 Å². The molecule has 1 aliphatic heterocycles. The van der Waals surface area contributed by atoms with Crippen LogP contribution in [0, 0.1) is 0 Å². The van der Waals surface area contributed by atoms with Gasteiger partial charge in [-0.25, -0.2) is 4.98 Å². The number of methoxy groups -OCH3 is 1. The van der Waals surface area contributed by atoms with Gasteiger partial charge in [-0.2, -0.15) is 8.42 Å². The lowest BCUT2D eigenvalue weighted by atomic mass is 10.1. The van der Waals surface area contributed by atoms with Crippen molar-refractivity contribution in [1.29, 1.82) is 0 Å². The maximum Gasteiger partial charge on any atom is 0.279 e. The largest absolute Gasteiger partial charge is 0.493 e. The molecule has 0 spiro atoms. The molecule has 1 aromatic heterocycles. The van der Waals surface area contributed by atoms with Gasteiger partial charge in [0.2, 0.25) is 0 Å². The molecular weight excluding hydrogens is 534 g/mol. The molecule has 10 nitrogen and oxygen atoms in total. The number of pyridine rings is 1. The number of benzene rings is 2. The van der Waals surface area contributed by atoms with Crippen molar-refractivity contribution in [2.24, 2.45) is 0 Å². The Balaban J connectivity index is 1.82. The number of aromatic nitrogens is 1. The first-order valence-corrected chi connectivity index (χ1v) is 14.7. The van der Waals surface area contributed by atoms with E-state index in [1.165, 1.54) is 31.5 Å². The fourth-order valence-electron chi connectivity index (χ4n) is 4.35. The summed E-state index contributed by atoms with van der Waals surface area (Å²) in [5, 5.41) is 9.27. The van der Waals surface area contributed by atoms with Gasteiger partial charge in [-0.1, -0.05) is 32.0 Å². The van der Waals surface area contributed by atoms with Crippen molar-refractivity contribution in [1.82, 2.24) is 9.88 Å². The minimum absolute atomic E-state index is 0.00974. The predicted molar refractivity (Wildman–Crippen MR) is 151 cm³/mol. The number of ether oxygens (including phenoxy) is 3. The normalized spacial score (nSPS) is 13.7. The number of aliphatic hydroxyl groups is 1. The molecule has 1 saturated heterocycles. The van der Waals surface area contributed by atoms with Crippen molar-refractivity contribution < 1.29 is 32.5 Å². The van der Waals surface area contributed by atoms with Crippen LogP contribution >= 0.6 is 0 Å². The van der Waals surface area contributed by atoms with E-state index in [9.17, 15) is 18.3 Å². The average Bonchev–Trinajstić information content (AvgIpc) is 2.97. The Hall–Kier alpha value is -3.83. The highest BCUT2D eigenvalue weighted by Gasteiger charge is 2.26. The number of carbonyl (C=O) groups is 1. The van der Waals surface area contributed by atoms with Crippen LogP contribution in [-0.4, -0.2) is 62.7 Å². The molecule has 3 aromatic rings. The molecule has 214 valence electrons. The molecule has 2 heterocycles. The van der Waals surface area contributed by atoms with Crippen LogP contribution in [0.15, 0.2) is 59.8 Å². The predicted octanol–water partition coefficient (Wildman–Crippen LogP) is 4.80. The molecule has 2 N–H and O–H groups in total. The van der Waals surface area contributed by atoms with Crippen LogP contribution in [0.3, 0.4) is 0 Å². The number of rotatable bonds is 11. The average molecular weight is 570 g/mol. The van der Waals surface area contributed by atoms with Crippen LogP contribution in [0.25, 0.3) is 0 Å². The second-order valence-electron chi connectivity index (χ2n) is 9.72. The second kappa shape index (κ2) is 13.0. The molecule has 0 aliphatic carbocycles. The Bertz CT molecular complexity index is 1420. The smallest absolute Gasteiger partial charge is 0.279 e. The van der Waals surface area contributed by atoms with Crippen LogP contribution in [0.5, 0.6) is 23.0 Å². The van der Waals surface area contributed by atoms with Crippen LogP contribution in [-0.2, 0) is 10.0 Å². The first-order chi connectivity index (χ1) is 19.2. The minimum Gasteiger partial charge on any atom is -0.493 e. The van der Waals surface area contributed by atoms with Crippen LogP contribution in [0.1, 0.15) is 54.9 Å². The molecule has 2 aromatic carbocycles. The molecule has 0 bridgehead atoms. The van der Waals surface area contributed by atoms with Gasteiger partial charge in [0, 0.05) is 24.8 Å². The Kier molecular flexibility index (Phi) is 9.49. The number of aliphatic hydroxyl groups excluding tert-OH is 1. The number of carbonyl (C=O) groups excluding carboxylic acids is 1. The van der Waals surface area contributed by atoms with Crippen molar-refractivity contribution in [2.45, 2.75) is 44.1 Å². The van der Waals surface area contributed by atoms with E-state index in [1.807, 2.05) is 13.8 Å². The standard InChI is InChI=1S/C29H35N3O7S/c1-20(2)21-11-12-27(30-19-21)40(35,36)31-23-17-22(29(34)32-13-7-4-8-14-32)18-26(38-16-15-33)28(23)39-25-10-6-5-9-24(25)37-3/h5-6,9-12,17-20,31,33H,4,7-8,13-16H2,1-3H3. The number of likely N-dealkylation sites (tertiary alicyclic amines) is 1. The van der Waals surface area contributed by atoms with Crippen LogP contribution in [0.2, 0.25) is 0 Å². The zero-order valence-electron chi connectivity index (χ0n) is 22.9. The number of sulfonamides is 1. The first-order valence-electron chi connectivity index (χ1n) is 13.2. The van der Waals surface area contributed by atoms with E-state index in [4.69, 9.17) is 14.2 Å². The Morgan fingerprint density at radius 2 is 1.77 bits per heavy atom. The molecular formula is C29H35N3O7S. The van der Waals surface area contributed by atoms with E-state index in [-0.39, 0.29) is 52.8 Å². The highest BCUT2D eigenvalue weighted by atomic mass is 32.2. The van der Waals surface area contributed by atoms with Crippen molar-refractivity contribution in [3.63, 3.8) is 0 Å². The van der Waals surface area contributed by atoms with Gasteiger partial charge in [-0.15, -0.1) is 0 Å². The van der Waals surface area contributed by atoms with E-state index in [1.54, 1.807) is 35.2 Å². The van der Waals surface area contributed by atoms with Crippen molar-refractivity contribution in [3.8, 4) is 23.0 Å². The quantitative estimate of drug-likeness (QED) is 0.337. The summed E-state index contributed by atoms with van der Waals surface area (Å²) in [6.07, 6.45) is 4.36. The summed E-state index contributed by atoms with van der Waals surface area (Å²) in [6, 6.07) is 13.0. The highest BCUT2D eigenvalue weighted by Crippen LogP contribution is 2.43. The SMILES string of the molecule is COc1ccccc1Oc1c(NS(=O)(=O)c2ccc(C(C)C)cn2)cc(C(=O)N2CCCCC2)cc1OCCO. The highest BCUT2D eigenvalue weighted by molar-refractivity contribution is 7.92. The minimum atomic E-state index is -4.19. The second-order valence-corrected chi connectivity index (χ2v) is 11.3. The summed E-state index contributed by atoms with van der Waals surface area (Å²) >= 11 is 0. The van der Waals surface area contributed by atoms with Gasteiger partial charge >= 0.3 is 0 Å². The monoisotopic (exact) mass is 569 g/mol. The number of nitrogens with zero attached hydrogens (tertiary/aromatic N) is 2. The lowest BCUT2D eigenvalue weighted by Crippen LogP contribution is -2.35. The fourth-order valence-corrected chi connectivity index (χ4v) is 5.34. The lowest BCUT2D eigenvalue weighted by Gasteiger charge is -2.27. The molecule has 1 fully saturated rings. The number of anilines is 1. The fraction of sp³-hybridized carbons (Fsp3) is 0.379.